The molecule has 0 amide bonds. The number of aliphatic hydroxyl groups excluding tert-OH is 1. The highest BCUT2D eigenvalue weighted by Gasteiger charge is 2.13. The second kappa shape index (κ2) is 10.3. The molecule has 0 fully saturated rings. The van der Waals surface area contributed by atoms with Gasteiger partial charge >= 0.3 is 0 Å². The third kappa shape index (κ3) is 6.50. The summed E-state index contributed by atoms with van der Waals surface area (Å²) in [6.45, 7) is 5.68. The zero-order valence-corrected chi connectivity index (χ0v) is 18.7. The van der Waals surface area contributed by atoms with Gasteiger partial charge in [0.25, 0.3) is 0 Å². The second-order valence-corrected chi connectivity index (χ2v) is 8.57. The number of phenolic OH excluding ortho intramolecular Hbond substituents is 1. The number of rotatable bonds is 9. The minimum absolute atomic E-state index is 0.0510. The molecule has 2 aromatic rings. The summed E-state index contributed by atoms with van der Waals surface area (Å²) in [6.07, 6.45) is 0.815. The summed E-state index contributed by atoms with van der Waals surface area (Å²) < 4.78 is 6.35. The zero-order chi connectivity index (χ0) is 20.8. The van der Waals surface area contributed by atoms with Crippen LogP contribution in [0.4, 0.5) is 0 Å². The maximum absolute atomic E-state index is 11.8. The van der Waals surface area contributed by atoms with Crippen LogP contribution in [-0.2, 0) is 11.2 Å². The van der Waals surface area contributed by atoms with Crippen LogP contribution < -0.4 is 4.74 Å². The predicted molar refractivity (Wildman–Crippen MR) is 116 cm³/mol. The van der Waals surface area contributed by atoms with Crippen molar-refractivity contribution < 1.29 is 19.7 Å². The number of aromatic hydroxyl groups is 1. The minimum atomic E-state index is -0.497. The molecule has 0 heterocycles. The molecule has 0 aliphatic heterocycles. The van der Waals surface area contributed by atoms with E-state index in [1.54, 1.807) is 25.1 Å². The molecule has 2 aromatic carbocycles. The average Bonchev–Trinajstić information content (AvgIpc) is 2.62. The van der Waals surface area contributed by atoms with E-state index in [4.69, 9.17) is 16.3 Å². The van der Waals surface area contributed by atoms with E-state index in [9.17, 15) is 15.0 Å². The van der Waals surface area contributed by atoms with Gasteiger partial charge in [0.15, 0.2) is 5.78 Å². The molecular weight excluding hydrogens is 444 g/mol. The SMILES string of the molecule is CC(O)CCC(=O)COc1cc(Cl)c(Cc2ccc(O)c(C(C)C)c2)c(Br)c1. The molecule has 0 aromatic heterocycles. The summed E-state index contributed by atoms with van der Waals surface area (Å²) in [6, 6.07) is 9.09. The summed E-state index contributed by atoms with van der Waals surface area (Å²) in [5.74, 6) is 0.969. The first-order chi connectivity index (χ1) is 13.2. The minimum Gasteiger partial charge on any atom is -0.508 e. The predicted octanol–water partition coefficient (Wildman–Crippen LogP) is 5.63. The molecule has 2 rings (SSSR count). The Morgan fingerprint density at radius 1 is 1.21 bits per heavy atom. The molecule has 0 bridgehead atoms. The van der Waals surface area contributed by atoms with E-state index in [-0.39, 0.29) is 24.7 Å². The Balaban J connectivity index is 2.10. The van der Waals surface area contributed by atoms with E-state index in [0.29, 0.717) is 29.4 Å². The normalized spacial score (nSPS) is 12.2. The van der Waals surface area contributed by atoms with Gasteiger partial charge in [0, 0.05) is 22.3 Å². The van der Waals surface area contributed by atoms with Crippen LogP contribution >= 0.6 is 27.5 Å². The summed E-state index contributed by atoms with van der Waals surface area (Å²) >= 11 is 10.0. The number of hydrogen-bond donors (Lipinski definition) is 2. The van der Waals surface area contributed by atoms with Crippen LogP contribution in [0.1, 0.15) is 56.2 Å². The van der Waals surface area contributed by atoms with Crippen LogP contribution in [0.3, 0.4) is 0 Å². The molecule has 4 nitrogen and oxygen atoms in total. The summed E-state index contributed by atoms with van der Waals surface area (Å²) in [5.41, 5.74) is 2.86. The molecule has 1 atom stereocenters. The highest BCUT2D eigenvalue weighted by molar-refractivity contribution is 9.10. The number of carbonyl (C=O) groups excluding carboxylic acids is 1. The number of benzene rings is 2. The average molecular weight is 470 g/mol. The number of hydrogen-bond acceptors (Lipinski definition) is 4. The van der Waals surface area contributed by atoms with Gasteiger partial charge in [-0.25, -0.2) is 0 Å². The van der Waals surface area contributed by atoms with Crippen LogP contribution in [0.5, 0.6) is 11.5 Å². The molecular formula is C22H26BrClO4. The zero-order valence-electron chi connectivity index (χ0n) is 16.3. The number of carbonyl (C=O) groups is 1. The van der Waals surface area contributed by atoms with E-state index in [2.05, 4.69) is 15.9 Å². The molecule has 1 unspecified atom stereocenters. The van der Waals surface area contributed by atoms with Crippen molar-refractivity contribution in [3.8, 4) is 11.5 Å². The van der Waals surface area contributed by atoms with Crippen molar-refractivity contribution in [1.82, 2.24) is 0 Å². The maximum atomic E-state index is 11.8. The van der Waals surface area contributed by atoms with Crippen molar-refractivity contribution >= 4 is 33.3 Å². The first-order valence-corrected chi connectivity index (χ1v) is 10.5. The fourth-order valence-electron chi connectivity index (χ4n) is 2.82. The molecule has 152 valence electrons. The van der Waals surface area contributed by atoms with Crippen molar-refractivity contribution in [2.75, 3.05) is 6.61 Å². The van der Waals surface area contributed by atoms with Crippen molar-refractivity contribution in [3.63, 3.8) is 0 Å². The number of phenols is 1. The van der Waals surface area contributed by atoms with E-state index in [0.717, 1.165) is 21.2 Å². The molecule has 0 radical (unpaired) electrons. The Morgan fingerprint density at radius 2 is 1.93 bits per heavy atom. The van der Waals surface area contributed by atoms with Gasteiger partial charge in [-0.3, -0.25) is 4.79 Å². The molecule has 0 aliphatic rings. The van der Waals surface area contributed by atoms with Crippen LogP contribution in [-0.4, -0.2) is 28.7 Å². The van der Waals surface area contributed by atoms with Gasteiger partial charge < -0.3 is 14.9 Å². The Labute approximate surface area is 179 Å². The summed E-state index contributed by atoms with van der Waals surface area (Å²) in [5, 5.41) is 19.8. The Bertz CT molecular complexity index is 810. The second-order valence-electron chi connectivity index (χ2n) is 7.31. The number of Topliss-reactive ketones (excluding diaryl/α,β-unsaturated/α-hetero) is 1. The molecule has 0 spiro atoms. The fraction of sp³-hybridized carbons (Fsp3) is 0.409. The van der Waals surface area contributed by atoms with E-state index in [1.807, 2.05) is 26.0 Å². The number of ether oxygens (including phenoxy) is 1. The lowest BCUT2D eigenvalue weighted by Crippen LogP contribution is -2.13. The van der Waals surface area contributed by atoms with Crippen LogP contribution in [0.15, 0.2) is 34.8 Å². The molecule has 0 saturated carbocycles. The lowest BCUT2D eigenvalue weighted by atomic mass is 9.96. The Kier molecular flexibility index (Phi) is 8.35. The van der Waals surface area contributed by atoms with E-state index in [1.165, 1.54) is 0 Å². The third-order valence-corrected chi connectivity index (χ3v) is 5.49. The molecule has 28 heavy (non-hydrogen) atoms. The summed E-state index contributed by atoms with van der Waals surface area (Å²) in [7, 11) is 0. The first kappa shape index (κ1) is 22.7. The van der Waals surface area contributed by atoms with E-state index >= 15 is 0 Å². The van der Waals surface area contributed by atoms with Crippen LogP contribution in [0.25, 0.3) is 0 Å². The lowest BCUT2D eigenvalue weighted by molar-refractivity contribution is -0.121. The van der Waals surface area contributed by atoms with Crippen molar-refractivity contribution in [2.45, 2.75) is 52.1 Å². The van der Waals surface area contributed by atoms with Gasteiger partial charge in [0.1, 0.15) is 18.1 Å². The van der Waals surface area contributed by atoms with E-state index < -0.39 is 6.10 Å². The molecule has 0 aliphatic carbocycles. The largest absolute Gasteiger partial charge is 0.508 e. The number of ketones is 1. The topological polar surface area (TPSA) is 66.8 Å². The molecule has 0 saturated heterocycles. The van der Waals surface area contributed by atoms with Gasteiger partial charge in [0.2, 0.25) is 0 Å². The highest BCUT2D eigenvalue weighted by atomic mass is 79.9. The molecule has 2 N–H and O–H groups in total. The fourth-order valence-corrected chi connectivity index (χ4v) is 3.79. The standard InChI is InChI=1S/C22H26BrClO4/c1-13(2)18-8-15(5-7-22(18)27)9-19-20(23)10-17(11-21(19)24)28-12-16(26)6-4-14(3)25/h5,7-8,10-11,13-14,25,27H,4,6,9,12H2,1-3H3. The van der Waals surface area contributed by atoms with Crippen molar-refractivity contribution in [3.05, 3.63) is 56.5 Å². The Morgan fingerprint density at radius 3 is 2.54 bits per heavy atom. The van der Waals surface area contributed by atoms with Crippen LogP contribution in [0, 0.1) is 0 Å². The quantitative estimate of drug-likeness (QED) is 0.499. The van der Waals surface area contributed by atoms with Crippen molar-refractivity contribution in [2.24, 2.45) is 0 Å². The monoisotopic (exact) mass is 468 g/mol. The lowest BCUT2D eigenvalue weighted by Gasteiger charge is -2.14. The van der Waals surface area contributed by atoms with Gasteiger partial charge in [-0.2, -0.15) is 0 Å². The van der Waals surface area contributed by atoms with Crippen LogP contribution in [0.2, 0.25) is 5.02 Å². The van der Waals surface area contributed by atoms with Crippen molar-refractivity contribution in [1.29, 1.82) is 0 Å². The smallest absolute Gasteiger partial charge is 0.170 e. The Hall–Kier alpha value is -1.56. The summed E-state index contributed by atoms with van der Waals surface area (Å²) in [4.78, 5) is 11.8. The number of aliphatic hydroxyl groups is 1. The van der Waals surface area contributed by atoms with Gasteiger partial charge in [-0.05, 0) is 54.2 Å². The maximum Gasteiger partial charge on any atom is 0.170 e. The molecule has 6 heteroatoms. The number of halogens is 2. The van der Waals surface area contributed by atoms with Gasteiger partial charge in [0.05, 0.1) is 6.10 Å². The van der Waals surface area contributed by atoms with Gasteiger partial charge in [-0.15, -0.1) is 0 Å². The highest BCUT2D eigenvalue weighted by Crippen LogP contribution is 2.34. The van der Waals surface area contributed by atoms with Gasteiger partial charge in [-0.1, -0.05) is 53.5 Å². The third-order valence-electron chi connectivity index (χ3n) is 4.45. The first-order valence-electron chi connectivity index (χ1n) is 9.29.